The summed E-state index contributed by atoms with van der Waals surface area (Å²) in [6.07, 6.45) is 1.14. The second kappa shape index (κ2) is 5.99. The van der Waals surface area contributed by atoms with E-state index in [0.717, 1.165) is 19.5 Å². The zero-order valence-corrected chi connectivity index (χ0v) is 12.3. The van der Waals surface area contributed by atoms with Crippen molar-refractivity contribution in [3.05, 3.63) is 22.2 Å². The van der Waals surface area contributed by atoms with Gasteiger partial charge in [0.1, 0.15) is 0 Å². The number of nitrogens with two attached hydrogens (primary N) is 1. The van der Waals surface area contributed by atoms with Crippen molar-refractivity contribution in [1.82, 2.24) is 4.90 Å². The van der Waals surface area contributed by atoms with Gasteiger partial charge in [0.15, 0.2) is 0 Å². The third kappa shape index (κ3) is 3.75. The van der Waals surface area contributed by atoms with Gasteiger partial charge in [-0.1, -0.05) is 30.1 Å². The van der Waals surface area contributed by atoms with Gasteiger partial charge in [-0.2, -0.15) is 0 Å². The zero-order chi connectivity index (χ0) is 14.0. The van der Waals surface area contributed by atoms with Crippen molar-refractivity contribution in [3.63, 3.8) is 0 Å². The largest absolute Gasteiger partial charge is 0.399 e. The number of anilines is 2. The average Bonchev–Trinajstić information content (AvgIpc) is 2.69. The topological polar surface area (TPSA) is 58.4 Å². The maximum Gasteiger partial charge on any atom is 0.238 e. The van der Waals surface area contributed by atoms with Crippen molar-refractivity contribution in [2.45, 2.75) is 13.3 Å². The molecule has 1 aliphatic heterocycles. The molecule has 2 rings (SSSR count). The lowest BCUT2D eigenvalue weighted by Gasteiger charge is -2.16. The molecule has 1 unspecified atom stereocenters. The highest BCUT2D eigenvalue weighted by molar-refractivity contribution is 6.40. The molecule has 1 saturated heterocycles. The highest BCUT2D eigenvalue weighted by Gasteiger charge is 2.21. The number of amides is 1. The fourth-order valence-electron chi connectivity index (χ4n) is 2.26. The number of hydrogen-bond acceptors (Lipinski definition) is 3. The smallest absolute Gasteiger partial charge is 0.238 e. The van der Waals surface area contributed by atoms with Gasteiger partial charge in [-0.15, -0.1) is 0 Å². The van der Waals surface area contributed by atoms with E-state index in [1.165, 1.54) is 0 Å². The van der Waals surface area contributed by atoms with Crippen LogP contribution in [0.1, 0.15) is 13.3 Å². The molecule has 3 N–H and O–H groups in total. The Balaban J connectivity index is 1.99. The van der Waals surface area contributed by atoms with E-state index in [9.17, 15) is 4.79 Å². The molecule has 1 atom stereocenters. The number of carbonyl (C=O) groups is 1. The molecule has 0 saturated carbocycles. The van der Waals surface area contributed by atoms with Crippen LogP contribution in [0.2, 0.25) is 10.0 Å². The van der Waals surface area contributed by atoms with Crippen LogP contribution in [-0.2, 0) is 4.79 Å². The lowest BCUT2D eigenvalue weighted by Crippen LogP contribution is -2.31. The lowest BCUT2D eigenvalue weighted by molar-refractivity contribution is -0.117. The SMILES string of the molecule is CC1CCN(CC(=O)Nc2c(Cl)cc(N)cc2Cl)C1. The first-order chi connectivity index (χ1) is 8.95. The number of hydrogen-bond donors (Lipinski definition) is 2. The predicted molar refractivity (Wildman–Crippen MR) is 79.7 cm³/mol. The molecule has 1 aliphatic rings. The van der Waals surface area contributed by atoms with Crippen molar-refractivity contribution in [2.75, 3.05) is 30.7 Å². The Hall–Kier alpha value is -0.970. The maximum absolute atomic E-state index is 12.0. The number of nitrogen functional groups attached to an aromatic ring is 1. The van der Waals surface area contributed by atoms with Gasteiger partial charge in [0.2, 0.25) is 5.91 Å². The molecule has 0 aromatic heterocycles. The summed E-state index contributed by atoms with van der Waals surface area (Å²) in [7, 11) is 0. The van der Waals surface area contributed by atoms with Crippen molar-refractivity contribution in [1.29, 1.82) is 0 Å². The Bertz CT molecular complexity index is 470. The quantitative estimate of drug-likeness (QED) is 0.844. The second-order valence-corrected chi connectivity index (χ2v) is 5.85. The Morgan fingerprint density at radius 3 is 2.63 bits per heavy atom. The monoisotopic (exact) mass is 301 g/mol. The molecule has 1 fully saturated rings. The highest BCUT2D eigenvalue weighted by atomic mass is 35.5. The summed E-state index contributed by atoms with van der Waals surface area (Å²) in [4.78, 5) is 14.1. The van der Waals surface area contributed by atoms with Crippen molar-refractivity contribution >= 4 is 40.5 Å². The number of benzene rings is 1. The van der Waals surface area contributed by atoms with Crippen molar-refractivity contribution < 1.29 is 4.79 Å². The van der Waals surface area contributed by atoms with Gasteiger partial charge in [-0.3, -0.25) is 9.69 Å². The molecule has 4 nitrogen and oxygen atoms in total. The Kier molecular flexibility index (Phi) is 4.55. The number of carbonyl (C=O) groups excluding carboxylic acids is 1. The molecule has 1 amide bonds. The van der Waals surface area contributed by atoms with E-state index in [1.807, 2.05) is 0 Å². The normalized spacial score (nSPS) is 19.6. The summed E-state index contributed by atoms with van der Waals surface area (Å²) in [5.74, 6) is 0.541. The van der Waals surface area contributed by atoms with Crippen LogP contribution < -0.4 is 11.1 Å². The molecule has 104 valence electrons. The summed E-state index contributed by atoms with van der Waals surface area (Å²) >= 11 is 12.1. The third-order valence-corrected chi connectivity index (χ3v) is 3.80. The van der Waals surface area contributed by atoms with E-state index in [0.29, 0.717) is 33.9 Å². The maximum atomic E-state index is 12.0. The van der Waals surface area contributed by atoms with Crippen LogP contribution in [0, 0.1) is 5.92 Å². The van der Waals surface area contributed by atoms with Crippen LogP contribution >= 0.6 is 23.2 Å². The van der Waals surface area contributed by atoms with Crippen molar-refractivity contribution in [3.8, 4) is 0 Å². The first kappa shape index (κ1) is 14.4. The number of halogens is 2. The summed E-state index contributed by atoms with van der Waals surface area (Å²) < 4.78 is 0. The van der Waals surface area contributed by atoms with Crippen LogP contribution in [0.5, 0.6) is 0 Å². The lowest BCUT2D eigenvalue weighted by atomic mass is 10.2. The van der Waals surface area contributed by atoms with Gasteiger partial charge in [-0.05, 0) is 31.0 Å². The molecular weight excluding hydrogens is 285 g/mol. The van der Waals surface area contributed by atoms with Gasteiger partial charge in [0.05, 0.1) is 22.3 Å². The Morgan fingerprint density at radius 1 is 1.47 bits per heavy atom. The molecule has 0 radical (unpaired) electrons. The van der Waals surface area contributed by atoms with E-state index in [-0.39, 0.29) is 5.91 Å². The van der Waals surface area contributed by atoms with Crippen LogP contribution in [0.15, 0.2) is 12.1 Å². The molecule has 1 aromatic carbocycles. The zero-order valence-electron chi connectivity index (χ0n) is 10.7. The number of rotatable bonds is 3. The van der Waals surface area contributed by atoms with E-state index >= 15 is 0 Å². The highest BCUT2D eigenvalue weighted by Crippen LogP contribution is 2.32. The predicted octanol–water partition coefficient (Wildman–Crippen LogP) is 2.86. The van der Waals surface area contributed by atoms with Crippen LogP contribution in [0.3, 0.4) is 0 Å². The van der Waals surface area contributed by atoms with E-state index in [2.05, 4.69) is 17.1 Å². The first-order valence-corrected chi connectivity index (χ1v) is 6.98. The number of likely N-dealkylation sites (tertiary alicyclic amines) is 1. The molecule has 0 aliphatic carbocycles. The molecule has 6 heteroatoms. The molecule has 0 bridgehead atoms. The Morgan fingerprint density at radius 2 is 2.11 bits per heavy atom. The van der Waals surface area contributed by atoms with Gasteiger partial charge in [-0.25, -0.2) is 0 Å². The minimum Gasteiger partial charge on any atom is -0.399 e. The summed E-state index contributed by atoms with van der Waals surface area (Å²) in [6.45, 7) is 4.46. The number of nitrogens with zero attached hydrogens (tertiary/aromatic N) is 1. The van der Waals surface area contributed by atoms with Gasteiger partial charge >= 0.3 is 0 Å². The van der Waals surface area contributed by atoms with Crippen LogP contribution in [-0.4, -0.2) is 30.4 Å². The summed E-state index contributed by atoms with van der Waals surface area (Å²) in [6, 6.07) is 3.14. The third-order valence-electron chi connectivity index (χ3n) is 3.20. The average molecular weight is 302 g/mol. The fraction of sp³-hybridized carbons (Fsp3) is 0.462. The molecule has 1 aromatic rings. The van der Waals surface area contributed by atoms with Gasteiger partial charge in [0, 0.05) is 12.2 Å². The van der Waals surface area contributed by atoms with E-state index in [1.54, 1.807) is 12.1 Å². The number of nitrogens with one attached hydrogen (secondary N) is 1. The minimum absolute atomic E-state index is 0.109. The van der Waals surface area contributed by atoms with E-state index in [4.69, 9.17) is 28.9 Å². The minimum atomic E-state index is -0.109. The Labute approximate surface area is 122 Å². The molecular formula is C13H17Cl2N3O. The first-order valence-electron chi connectivity index (χ1n) is 6.22. The van der Waals surface area contributed by atoms with Gasteiger partial charge in [0.25, 0.3) is 0 Å². The van der Waals surface area contributed by atoms with Gasteiger partial charge < -0.3 is 11.1 Å². The standard InChI is InChI=1S/C13H17Cl2N3O/c1-8-2-3-18(6-8)7-12(19)17-13-10(14)4-9(16)5-11(13)15/h4-5,8H,2-3,6-7,16H2,1H3,(H,17,19). The second-order valence-electron chi connectivity index (χ2n) is 5.04. The van der Waals surface area contributed by atoms with Crippen molar-refractivity contribution in [2.24, 2.45) is 5.92 Å². The molecule has 0 spiro atoms. The summed E-state index contributed by atoms with van der Waals surface area (Å²) in [5, 5.41) is 3.46. The molecule has 19 heavy (non-hydrogen) atoms. The molecule has 1 heterocycles. The van der Waals surface area contributed by atoms with E-state index < -0.39 is 0 Å². The van der Waals surface area contributed by atoms with Crippen LogP contribution in [0.25, 0.3) is 0 Å². The van der Waals surface area contributed by atoms with Crippen LogP contribution in [0.4, 0.5) is 11.4 Å². The summed E-state index contributed by atoms with van der Waals surface area (Å²) in [5.41, 5.74) is 6.52. The fourth-order valence-corrected chi connectivity index (χ4v) is 2.86.